The molecule has 1 atom stereocenters. The number of hydrogen-bond acceptors (Lipinski definition) is 1. The first-order chi connectivity index (χ1) is 38.0. The normalized spacial score (nSPS) is 16.2. The predicted molar refractivity (Wildman–Crippen MR) is 319 cm³/mol. The summed E-state index contributed by atoms with van der Waals surface area (Å²) < 4.78 is 2.54. The molecule has 0 saturated heterocycles. The first kappa shape index (κ1) is 42.8. The molecule has 2 heteroatoms. The Kier molecular flexibility index (Phi) is 8.51. The average Bonchev–Trinajstić information content (AvgIpc) is 3.67. The molecule has 1 unspecified atom stereocenters. The van der Waals surface area contributed by atoms with Crippen molar-refractivity contribution in [3.63, 3.8) is 0 Å². The van der Waals surface area contributed by atoms with Gasteiger partial charge in [0.25, 0.3) is 0 Å². The zero-order chi connectivity index (χ0) is 50.8. The van der Waals surface area contributed by atoms with Crippen LogP contribution in [0.4, 0.5) is 17.1 Å². The summed E-state index contributed by atoms with van der Waals surface area (Å²) in [5.74, 6) is 0. The van der Waals surface area contributed by atoms with Crippen LogP contribution in [0.5, 0.6) is 0 Å². The Hall–Kier alpha value is -9.50. The maximum absolute atomic E-state index is 2.61. The minimum Gasteiger partial charge on any atom is -0.310 e. The number of rotatable bonds is 5. The van der Waals surface area contributed by atoms with Crippen LogP contribution in [0.15, 0.2) is 267 Å². The molecule has 13 aromatic rings. The summed E-state index contributed by atoms with van der Waals surface area (Å²) in [4.78, 5) is 2.61. The van der Waals surface area contributed by atoms with Gasteiger partial charge in [0, 0.05) is 33.1 Å². The zero-order valence-electron chi connectivity index (χ0n) is 42.8. The van der Waals surface area contributed by atoms with Gasteiger partial charge >= 0.3 is 0 Å². The maximum Gasteiger partial charge on any atom is 0.0755 e. The largest absolute Gasteiger partial charge is 0.310 e. The summed E-state index contributed by atoms with van der Waals surface area (Å²) in [6.07, 6.45) is 0. The predicted octanol–water partition coefficient (Wildman–Crippen LogP) is 18.8. The standard InChI is InChI=1S/C75H50N2/c1-73(2)59-31-14-12-29-57(59)71-62(73)34-20-38-69(71)76(51-41-43-58-66(46-51)74(48-22-5-3-6-23-48,49-24-7-4-8-25-49)63-44-39-47-21-9-10-26-52(47)70(58)63)50-40-42-54-53-27-11-15-32-60(53)75(65(54)45-50)61-33-16-18-37-68(61)77-67-36-17-13-28-55(67)56-30-19-35-64(75)72(56)77/h3-46H,1-2H3. The van der Waals surface area contributed by atoms with Gasteiger partial charge in [0.15, 0.2) is 0 Å². The molecule has 0 saturated carbocycles. The van der Waals surface area contributed by atoms with Gasteiger partial charge in [-0.05, 0) is 137 Å². The topological polar surface area (TPSA) is 8.17 Å². The molecule has 77 heavy (non-hydrogen) atoms. The number of aromatic nitrogens is 1. The van der Waals surface area contributed by atoms with Gasteiger partial charge < -0.3 is 9.47 Å². The Labute approximate surface area is 448 Å². The molecule has 4 aliphatic rings. The highest BCUT2D eigenvalue weighted by Gasteiger charge is 2.52. The second kappa shape index (κ2) is 15.3. The molecule has 1 aromatic heterocycles. The lowest BCUT2D eigenvalue weighted by molar-refractivity contribution is 0.660. The maximum atomic E-state index is 2.61. The molecule has 2 nitrogen and oxygen atoms in total. The molecule has 2 heterocycles. The molecule has 0 radical (unpaired) electrons. The van der Waals surface area contributed by atoms with Gasteiger partial charge in [-0.15, -0.1) is 0 Å². The summed E-state index contributed by atoms with van der Waals surface area (Å²) in [7, 11) is 0. The number of hydrogen-bond donors (Lipinski definition) is 0. The van der Waals surface area contributed by atoms with Gasteiger partial charge in [0.1, 0.15) is 0 Å². The van der Waals surface area contributed by atoms with Crippen LogP contribution in [-0.4, -0.2) is 4.57 Å². The third-order valence-corrected chi connectivity index (χ3v) is 18.4. The van der Waals surface area contributed by atoms with E-state index in [1.54, 1.807) is 0 Å². The highest BCUT2D eigenvalue weighted by molar-refractivity contribution is 6.13. The van der Waals surface area contributed by atoms with E-state index in [4.69, 9.17) is 0 Å². The monoisotopic (exact) mass is 978 g/mol. The van der Waals surface area contributed by atoms with Crippen molar-refractivity contribution in [2.24, 2.45) is 0 Å². The smallest absolute Gasteiger partial charge is 0.0755 e. The molecule has 1 aliphatic heterocycles. The molecule has 3 aliphatic carbocycles. The Morgan fingerprint density at radius 3 is 1.65 bits per heavy atom. The lowest BCUT2D eigenvalue weighted by Crippen LogP contribution is -2.33. The Morgan fingerprint density at radius 2 is 0.870 bits per heavy atom. The fourth-order valence-electron chi connectivity index (χ4n) is 15.4. The van der Waals surface area contributed by atoms with Gasteiger partial charge in [-0.2, -0.15) is 0 Å². The van der Waals surface area contributed by atoms with E-state index in [0.717, 1.165) is 11.4 Å². The van der Waals surface area contributed by atoms with Gasteiger partial charge in [-0.25, -0.2) is 0 Å². The molecule has 12 aromatic carbocycles. The molecule has 360 valence electrons. The Balaban J connectivity index is 0.994. The molecule has 0 amide bonds. The first-order valence-electron chi connectivity index (χ1n) is 27.2. The van der Waals surface area contributed by atoms with Crippen molar-refractivity contribution >= 4 is 49.6 Å². The molecule has 0 fully saturated rings. The van der Waals surface area contributed by atoms with Gasteiger partial charge in [-0.3, -0.25) is 0 Å². The van der Waals surface area contributed by atoms with E-state index in [9.17, 15) is 0 Å². The van der Waals surface area contributed by atoms with E-state index in [1.165, 1.54) is 133 Å². The van der Waals surface area contributed by atoms with Crippen LogP contribution in [0.1, 0.15) is 69.5 Å². The minimum atomic E-state index is -0.613. The highest BCUT2D eigenvalue weighted by atomic mass is 15.1. The lowest BCUT2D eigenvalue weighted by atomic mass is 9.65. The van der Waals surface area contributed by atoms with Crippen molar-refractivity contribution < 1.29 is 0 Å². The van der Waals surface area contributed by atoms with Crippen LogP contribution in [0.3, 0.4) is 0 Å². The van der Waals surface area contributed by atoms with Crippen LogP contribution >= 0.6 is 0 Å². The van der Waals surface area contributed by atoms with Crippen LogP contribution in [-0.2, 0) is 16.2 Å². The molecule has 17 rings (SSSR count). The van der Waals surface area contributed by atoms with E-state index < -0.39 is 10.8 Å². The summed E-state index contributed by atoms with van der Waals surface area (Å²) in [6, 6.07) is 102. The van der Waals surface area contributed by atoms with E-state index in [0.29, 0.717) is 0 Å². The number of anilines is 3. The molecule has 0 bridgehead atoms. The molecule has 1 spiro atoms. The first-order valence-corrected chi connectivity index (χ1v) is 27.2. The summed E-state index contributed by atoms with van der Waals surface area (Å²) >= 11 is 0. The SMILES string of the molecule is CC1(C)c2ccccc2-c2c(N(c3ccc4c(c3)C(c3ccccc3)(c3ccccc3)c3ccc5ccccc5c3-4)c3ccc4c(c3)C3(c5ccccc5-4)c4ccccc4-n4c5ccccc5c5cccc3c54)cccc21. The summed E-state index contributed by atoms with van der Waals surface area (Å²) in [5, 5.41) is 5.07. The third-order valence-electron chi connectivity index (χ3n) is 18.4. The molecular formula is C75H50N2. The van der Waals surface area contributed by atoms with Crippen molar-refractivity contribution in [3.8, 4) is 39.1 Å². The second-order valence-corrected chi connectivity index (χ2v) is 22.2. The van der Waals surface area contributed by atoms with Gasteiger partial charge in [-0.1, -0.05) is 238 Å². The third kappa shape index (κ3) is 5.30. The molecule has 0 N–H and O–H groups in total. The number of para-hydroxylation sites is 3. The van der Waals surface area contributed by atoms with Crippen molar-refractivity contribution in [1.29, 1.82) is 0 Å². The van der Waals surface area contributed by atoms with Crippen molar-refractivity contribution in [1.82, 2.24) is 4.57 Å². The summed E-state index contributed by atoms with van der Waals surface area (Å²) in [6.45, 7) is 4.79. The van der Waals surface area contributed by atoms with Crippen LogP contribution in [0.25, 0.3) is 71.6 Å². The van der Waals surface area contributed by atoms with Crippen LogP contribution in [0.2, 0.25) is 0 Å². The van der Waals surface area contributed by atoms with Crippen LogP contribution in [0, 0.1) is 0 Å². The highest BCUT2D eigenvalue weighted by Crippen LogP contribution is 2.64. The lowest BCUT2D eigenvalue weighted by Gasteiger charge is -2.40. The fourth-order valence-corrected chi connectivity index (χ4v) is 15.4. The number of nitrogens with zero attached hydrogens (tertiary/aromatic N) is 2. The van der Waals surface area contributed by atoms with E-state index in [1.807, 2.05) is 0 Å². The van der Waals surface area contributed by atoms with E-state index >= 15 is 0 Å². The summed E-state index contributed by atoms with van der Waals surface area (Å²) in [5.41, 5.74) is 26.5. The second-order valence-electron chi connectivity index (χ2n) is 22.2. The quantitative estimate of drug-likeness (QED) is 0.167. The Morgan fingerprint density at radius 1 is 0.325 bits per heavy atom. The van der Waals surface area contributed by atoms with Gasteiger partial charge in [0.05, 0.1) is 33.2 Å². The fraction of sp³-hybridized carbons (Fsp3) is 0.0667. The van der Waals surface area contributed by atoms with Crippen molar-refractivity contribution in [2.45, 2.75) is 30.1 Å². The van der Waals surface area contributed by atoms with Crippen molar-refractivity contribution in [2.75, 3.05) is 4.90 Å². The average molecular weight is 979 g/mol. The zero-order valence-corrected chi connectivity index (χ0v) is 42.8. The van der Waals surface area contributed by atoms with E-state index in [2.05, 4.69) is 290 Å². The number of fused-ring (bicyclic) bond motifs is 20. The van der Waals surface area contributed by atoms with E-state index in [-0.39, 0.29) is 5.41 Å². The number of benzene rings is 12. The molecular weight excluding hydrogens is 929 g/mol. The van der Waals surface area contributed by atoms with Crippen molar-refractivity contribution in [3.05, 3.63) is 323 Å². The minimum absolute atomic E-state index is 0.198. The van der Waals surface area contributed by atoms with Crippen LogP contribution < -0.4 is 4.90 Å². The Bertz CT molecular complexity index is 4630. The van der Waals surface area contributed by atoms with Gasteiger partial charge in [0.2, 0.25) is 0 Å².